The summed E-state index contributed by atoms with van der Waals surface area (Å²) >= 11 is 0. The number of methoxy groups -OCH3 is 1. The molecule has 0 bridgehead atoms. The minimum atomic E-state index is -0.486. The molecule has 1 fully saturated rings. The molecule has 5 aromatic rings. The third-order valence-electron chi connectivity index (χ3n) is 9.73. The normalized spacial score (nSPS) is 15.4. The molecule has 2 aromatic heterocycles. The lowest BCUT2D eigenvalue weighted by molar-refractivity contribution is 0.0595. The molecule has 0 radical (unpaired) electrons. The quantitative estimate of drug-likeness (QED) is 0.164. The summed E-state index contributed by atoms with van der Waals surface area (Å²) < 4.78 is 13.4. The second-order valence-electron chi connectivity index (χ2n) is 13.2. The molecular weight excluding hydrogens is 646 g/mol. The molecule has 3 N–H and O–H groups in total. The van der Waals surface area contributed by atoms with E-state index in [-0.39, 0.29) is 17.4 Å². The number of nitrogens with zero attached hydrogens (tertiary/aromatic N) is 4. The first-order valence-corrected chi connectivity index (χ1v) is 17.0. The van der Waals surface area contributed by atoms with Crippen LogP contribution in [-0.4, -0.2) is 81.6 Å². The first-order valence-electron chi connectivity index (χ1n) is 17.0. The molecule has 2 aliphatic heterocycles. The second kappa shape index (κ2) is 13.4. The van der Waals surface area contributed by atoms with Crippen LogP contribution in [0.15, 0.2) is 66.4 Å². The maximum Gasteiger partial charge on any atom is 0.323 e. The van der Waals surface area contributed by atoms with Gasteiger partial charge in [-0.1, -0.05) is 0 Å². The van der Waals surface area contributed by atoms with E-state index in [0.29, 0.717) is 53.1 Å². The number of urea groups is 1. The molecule has 2 aliphatic rings. The number of nitrogens with one attached hydrogen (secondary N) is 3. The van der Waals surface area contributed by atoms with E-state index in [9.17, 15) is 14.4 Å². The third kappa shape index (κ3) is 6.45. The third-order valence-corrected chi connectivity index (χ3v) is 9.73. The number of amides is 3. The molecule has 4 heterocycles. The number of aromatic amines is 1. The maximum atomic E-state index is 13.7. The van der Waals surface area contributed by atoms with Crippen molar-refractivity contribution in [3.05, 3.63) is 94.5 Å². The summed E-state index contributed by atoms with van der Waals surface area (Å²) in [5, 5.41) is 11.1. The number of aryl methyl sites for hydroxylation is 2. The molecule has 0 atom stereocenters. The largest absolute Gasteiger partial charge is 0.497 e. The highest BCUT2D eigenvalue weighted by Crippen LogP contribution is 2.39. The number of rotatable bonds is 7. The summed E-state index contributed by atoms with van der Waals surface area (Å²) in [4.78, 5) is 47.5. The molecule has 0 aliphatic carbocycles. The highest BCUT2D eigenvalue weighted by atomic mass is 16.5. The van der Waals surface area contributed by atoms with Gasteiger partial charge in [0.15, 0.2) is 5.76 Å². The van der Waals surface area contributed by atoms with E-state index in [0.717, 1.165) is 52.2 Å². The number of Topliss-reactive ketones (excluding diaryl/α,β-unsaturated/α-hetero) is 1. The number of piperazine rings is 1. The highest BCUT2D eigenvalue weighted by molar-refractivity contribution is 6.16. The lowest BCUT2D eigenvalue weighted by Gasteiger charge is -2.37. The van der Waals surface area contributed by atoms with E-state index in [1.165, 1.54) is 0 Å². The van der Waals surface area contributed by atoms with Gasteiger partial charge >= 0.3 is 6.03 Å². The fourth-order valence-electron chi connectivity index (χ4n) is 6.81. The van der Waals surface area contributed by atoms with Gasteiger partial charge in [-0.3, -0.25) is 19.2 Å². The second-order valence-corrected chi connectivity index (χ2v) is 13.2. The van der Waals surface area contributed by atoms with E-state index in [1.807, 2.05) is 48.7 Å². The summed E-state index contributed by atoms with van der Waals surface area (Å²) in [6.07, 6.45) is 1.75. The number of hydrogen-bond acceptors (Lipinski definition) is 7. The van der Waals surface area contributed by atoms with Gasteiger partial charge in [-0.05, 0) is 94.4 Å². The van der Waals surface area contributed by atoms with Crippen LogP contribution in [0.4, 0.5) is 16.2 Å². The number of allylic oxidation sites excluding steroid dienone is 1. The van der Waals surface area contributed by atoms with Crippen molar-refractivity contribution in [2.75, 3.05) is 43.9 Å². The van der Waals surface area contributed by atoms with Gasteiger partial charge < -0.3 is 30.0 Å². The molecule has 0 unspecified atom stereocenters. The van der Waals surface area contributed by atoms with Gasteiger partial charge in [-0.2, -0.15) is 5.10 Å². The average Bonchev–Trinajstić information content (AvgIpc) is 3.72. The Morgan fingerprint density at radius 3 is 2.33 bits per heavy atom. The van der Waals surface area contributed by atoms with Crippen molar-refractivity contribution in [1.29, 1.82) is 0 Å². The zero-order valence-electron chi connectivity index (χ0n) is 29.6. The van der Waals surface area contributed by atoms with Gasteiger partial charge in [0.2, 0.25) is 5.78 Å². The molecule has 51 heavy (non-hydrogen) atoms. The van der Waals surface area contributed by atoms with Crippen LogP contribution < -0.4 is 20.1 Å². The zero-order chi connectivity index (χ0) is 36.0. The van der Waals surface area contributed by atoms with Gasteiger partial charge in [0.05, 0.1) is 24.1 Å². The molecule has 262 valence electrons. The average molecular weight is 688 g/mol. The highest BCUT2D eigenvalue weighted by Gasteiger charge is 2.30. The van der Waals surface area contributed by atoms with Gasteiger partial charge in [-0.25, -0.2) is 4.79 Å². The smallest absolute Gasteiger partial charge is 0.323 e. The lowest BCUT2D eigenvalue weighted by Crippen LogP contribution is -2.50. The summed E-state index contributed by atoms with van der Waals surface area (Å²) in [6, 6.07) is 17.5. The first-order chi connectivity index (χ1) is 24.5. The predicted octanol–water partition coefficient (Wildman–Crippen LogP) is 6.62. The molecule has 1 saturated heterocycles. The fraction of sp³-hybridized carbons (Fsp3) is 0.282. The van der Waals surface area contributed by atoms with E-state index in [2.05, 4.69) is 39.5 Å². The Morgan fingerprint density at radius 2 is 1.67 bits per heavy atom. The molecule has 3 aromatic carbocycles. The number of ether oxygens (including phenoxy) is 2. The molecule has 7 rings (SSSR count). The molecule has 12 heteroatoms. The molecule has 0 saturated carbocycles. The number of carbonyl (C=O) groups excluding carboxylic acids is 3. The number of hydrogen-bond donors (Lipinski definition) is 3. The fourth-order valence-corrected chi connectivity index (χ4v) is 6.81. The van der Waals surface area contributed by atoms with E-state index >= 15 is 0 Å². The van der Waals surface area contributed by atoms with Crippen LogP contribution in [0.25, 0.3) is 28.2 Å². The van der Waals surface area contributed by atoms with Crippen LogP contribution in [-0.2, 0) is 7.05 Å². The standard InChI is InChI=1S/C39H41N7O5/c1-22(2)45-15-17-46(18-16-45)38(48)25-7-9-26(10-8-25)40-39(49)41-27-11-14-33-31(19-27)37(47)34(51-33)21-30-29-20-28(50-6)12-13-32(29)42-36(30)35-23(3)43-44(5)24(35)4/h7-14,19-22,42H,15-18H2,1-6H3,(H2,40,41,49). The van der Waals surface area contributed by atoms with Gasteiger partial charge in [-0.15, -0.1) is 0 Å². The Kier molecular flexibility index (Phi) is 8.86. The van der Waals surface area contributed by atoms with Crippen LogP contribution in [0, 0.1) is 13.8 Å². The number of carbonyl (C=O) groups is 3. The van der Waals surface area contributed by atoms with Crippen molar-refractivity contribution in [2.24, 2.45) is 7.05 Å². The van der Waals surface area contributed by atoms with Crippen molar-refractivity contribution in [3.8, 4) is 22.8 Å². The van der Waals surface area contributed by atoms with Crippen LogP contribution in [0.1, 0.15) is 51.5 Å². The Hall–Kier alpha value is -5.88. The van der Waals surface area contributed by atoms with Crippen molar-refractivity contribution in [3.63, 3.8) is 0 Å². The van der Waals surface area contributed by atoms with E-state index < -0.39 is 6.03 Å². The number of aromatic nitrogens is 3. The van der Waals surface area contributed by atoms with Gasteiger partial charge in [0.1, 0.15) is 11.5 Å². The summed E-state index contributed by atoms with van der Waals surface area (Å²) in [7, 11) is 3.51. The Balaban J connectivity index is 1.06. The minimum Gasteiger partial charge on any atom is -0.497 e. The summed E-state index contributed by atoms with van der Waals surface area (Å²) in [5.74, 6) is 0.921. The number of H-pyrrole nitrogens is 1. The van der Waals surface area contributed by atoms with E-state index in [1.54, 1.807) is 55.7 Å². The van der Waals surface area contributed by atoms with Crippen molar-refractivity contribution < 1.29 is 23.9 Å². The van der Waals surface area contributed by atoms with Crippen LogP contribution in [0.5, 0.6) is 11.5 Å². The Morgan fingerprint density at radius 1 is 0.961 bits per heavy atom. The van der Waals surface area contributed by atoms with Crippen LogP contribution >= 0.6 is 0 Å². The Bertz CT molecular complexity index is 2200. The number of anilines is 2. The SMILES string of the molecule is COc1ccc2[nH]c(-c3c(C)nn(C)c3C)c(C=C3Oc4ccc(NC(=O)Nc5ccc(C(=O)N6CCN(C(C)C)CC6)cc5)cc4C3=O)c2c1. The van der Waals surface area contributed by atoms with E-state index in [4.69, 9.17) is 9.47 Å². The molecule has 3 amide bonds. The first kappa shape index (κ1) is 33.6. The topological polar surface area (TPSA) is 134 Å². The number of fused-ring (bicyclic) bond motifs is 2. The predicted molar refractivity (Wildman–Crippen MR) is 198 cm³/mol. The van der Waals surface area contributed by atoms with Crippen molar-refractivity contribution in [2.45, 2.75) is 33.7 Å². The monoisotopic (exact) mass is 687 g/mol. The molecule has 12 nitrogen and oxygen atoms in total. The molecular formula is C39H41N7O5. The zero-order valence-corrected chi connectivity index (χ0v) is 29.6. The van der Waals surface area contributed by atoms with Crippen molar-refractivity contribution in [1.82, 2.24) is 24.6 Å². The number of ketones is 1. The minimum absolute atomic E-state index is 0.0178. The van der Waals surface area contributed by atoms with Crippen molar-refractivity contribution >= 4 is 46.1 Å². The maximum absolute atomic E-state index is 13.7. The summed E-state index contributed by atoms with van der Waals surface area (Å²) in [5.41, 5.74) is 7.12. The van der Waals surface area contributed by atoms with Crippen LogP contribution in [0.3, 0.4) is 0 Å². The van der Waals surface area contributed by atoms with Crippen LogP contribution in [0.2, 0.25) is 0 Å². The number of benzene rings is 3. The Labute approximate surface area is 296 Å². The lowest BCUT2D eigenvalue weighted by atomic mass is 10.0. The molecule has 0 spiro atoms. The van der Waals surface area contributed by atoms with Gasteiger partial charge in [0, 0.05) is 83.9 Å². The summed E-state index contributed by atoms with van der Waals surface area (Å²) in [6.45, 7) is 11.4. The van der Waals surface area contributed by atoms with Gasteiger partial charge in [0.25, 0.3) is 5.91 Å².